The van der Waals surface area contributed by atoms with Crippen molar-refractivity contribution in [2.45, 2.75) is 12.2 Å². The second kappa shape index (κ2) is 7.36. The number of carboxylic acid groups (broad SMARTS) is 1. The fourth-order valence-electron chi connectivity index (χ4n) is 1.63. The third-order valence-corrected chi connectivity index (χ3v) is 2.67. The largest absolute Gasteiger partial charge is 0.480 e. The van der Waals surface area contributed by atoms with E-state index >= 15 is 0 Å². The van der Waals surface area contributed by atoms with Gasteiger partial charge in [-0.15, -0.1) is 0 Å². The maximum absolute atomic E-state index is 11.9. The average molecular weight is 297 g/mol. The molecule has 4 N–H and O–H groups in total. The van der Waals surface area contributed by atoms with E-state index in [4.69, 9.17) is 5.11 Å². The molecule has 0 radical (unpaired) electrons. The summed E-state index contributed by atoms with van der Waals surface area (Å²) in [6.07, 6.45) is -3.53. The second-order valence-corrected chi connectivity index (χ2v) is 4.08. The summed E-state index contributed by atoms with van der Waals surface area (Å²) in [6.45, 7) is -0.594. The molecular formula is C13H15NO7. The van der Waals surface area contributed by atoms with E-state index in [1.165, 1.54) is 24.3 Å². The van der Waals surface area contributed by atoms with Crippen molar-refractivity contribution in [3.05, 3.63) is 35.4 Å². The number of aliphatic carboxylic acids is 1. The zero-order valence-electron chi connectivity index (χ0n) is 11.1. The highest BCUT2D eigenvalue weighted by molar-refractivity contribution is 5.97. The number of aliphatic hydroxyl groups excluding tert-OH is 2. The quantitative estimate of drug-likeness (QED) is 0.498. The molecule has 0 bridgehead atoms. The van der Waals surface area contributed by atoms with Crippen LogP contribution in [0.1, 0.15) is 22.0 Å². The first kappa shape index (κ1) is 16.6. The second-order valence-electron chi connectivity index (χ2n) is 4.08. The SMILES string of the molecule is COC(=O)C(O)C(O)c1ccccc1C(=O)NCC(=O)O. The van der Waals surface area contributed by atoms with Crippen LogP contribution >= 0.6 is 0 Å². The number of carboxylic acids is 1. The van der Waals surface area contributed by atoms with Crippen LogP contribution in [0.3, 0.4) is 0 Å². The van der Waals surface area contributed by atoms with Gasteiger partial charge in [0.15, 0.2) is 6.10 Å². The maximum Gasteiger partial charge on any atom is 0.337 e. The van der Waals surface area contributed by atoms with Crippen molar-refractivity contribution in [3.8, 4) is 0 Å². The van der Waals surface area contributed by atoms with Crippen LogP contribution in [0.15, 0.2) is 24.3 Å². The number of hydrogen-bond acceptors (Lipinski definition) is 6. The van der Waals surface area contributed by atoms with Gasteiger partial charge < -0.3 is 25.4 Å². The van der Waals surface area contributed by atoms with E-state index in [1.807, 2.05) is 0 Å². The highest BCUT2D eigenvalue weighted by Crippen LogP contribution is 2.22. The van der Waals surface area contributed by atoms with Crippen LogP contribution in [0, 0.1) is 0 Å². The summed E-state index contributed by atoms with van der Waals surface area (Å²) in [6, 6.07) is 5.67. The molecule has 0 fully saturated rings. The molecule has 1 amide bonds. The van der Waals surface area contributed by atoms with Gasteiger partial charge >= 0.3 is 11.9 Å². The van der Waals surface area contributed by atoms with E-state index in [-0.39, 0.29) is 11.1 Å². The topological polar surface area (TPSA) is 133 Å². The Balaban J connectivity index is 3.00. The minimum absolute atomic E-state index is 0.0155. The Hall–Kier alpha value is -2.45. The van der Waals surface area contributed by atoms with E-state index in [0.29, 0.717) is 0 Å². The molecule has 0 saturated heterocycles. The molecule has 114 valence electrons. The average Bonchev–Trinajstić information content (AvgIpc) is 2.50. The van der Waals surface area contributed by atoms with Crippen LogP contribution in [0.2, 0.25) is 0 Å². The van der Waals surface area contributed by atoms with E-state index in [9.17, 15) is 24.6 Å². The maximum atomic E-state index is 11.9. The number of nitrogens with one attached hydrogen (secondary N) is 1. The van der Waals surface area contributed by atoms with Crippen molar-refractivity contribution in [2.75, 3.05) is 13.7 Å². The van der Waals surface area contributed by atoms with E-state index in [2.05, 4.69) is 10.1 Å². The molecule has 1 aromatic rings. The Morgan fingerprint density at radius 2 is 1.86 bits per heavy atom. The molecular weight excluding hydrogens is 282 g/mol. The van der Waals surface area contributed by atoms with Crippen molar-refractivity contribution < 1.29 is 34.4 Å². The molecule has 8 heteroatoms. The number of amides is 1. The minimum Gasteiger partial charge on any atom is -0.480 e. The van der Waals surface area contributed by atoms with E-state index in [0.717, 1.165) is 7.11 Å². The van der Waals surface area contributed by atoms with Crippen LogP contribution in [0.25, 0.3) is 0 Å². The number of ether oxygens (including phenoxy) is 1. The first-order valence-electron chi connectivity index (χ1n) is 5.91. The summed E-state index contributed by atoms with van der Waals surface area (Å²) in [5.41, 5.74) is -0.0625. The van der Waals surface area contributed by atoms with E-state index in [1.54, 1.807) is 0 Å². The lowest BCUT2D eigenvalue weighted by atomic mass is 9.98. The molecule has 0 aromatic heterocycles. The van der Waals surface area contributed by atoms with Gasteiger partial charge in [0, 0.05) is 5.56 Å². The number of benzene rings is 1. The van der Waals surface area contributed by atoms with Gasteiger partial charge in [0.2, 0.25) is 0 Å². The Kier molecular flexibility index (Phi) is 5.82. The Labute approximate surface area is 120 Å². The lowest BCUT2D eigenvalue weighted by Gasteiger charge is -2.18. The van der Waals surface area contributed by atoms with Crippen molar-refractivity contribution in [3.63, 3.8) is 0 Å². The van der Waals surface area contributed by atoms with E-state index < -0.39 is 36.6 Å². The minimum atomic E-state index is -1.86. The first-order valence-corrected chi connectivity index (χ1v) is 5.91. The van der Waals surface area contributed by atoms with Crippen molar-refractivity contribution in [1.82, 2.24) is 5.32 Å². The first-order chi connectivity index (χ1) is 9.88. The van der Waals surface area contributed by atoms with Crippen LogP contribution in [0.5, 0.6) is 0 Å². The molecule has 1 rings (SSSR count). The van der Waals surface area contributed by atoms with Crippen LogP contribution < -0.4 is 5.32 Å². The summed E-state index contributed by atoms with van der Waals surface area (Å²) in [4.78, 5) is 33.5. The molecule has 0 aliphatic rings. The Bertz CT molecular complexity index is 543. The molecule has 8 nitrogen and oxygen atoms in total. The number of methoxy groups -OCH3 is 1. The Morgan fingerprint density at radius 3 is 2.43 bits per heavy atom. The number of hydrogen-bond donors (Lipinski definition) is 4. The predicted molar refractivity (Wildman–Crippen MR) is 69.4 cm³/mol. The highest BCUT2D eigenvalue weighted by atomic mass is 16.5. The van der Waals surface area contributed by atoms with Gasteiger partial charge in [-0.3, -0.25) is 9.59 Å². The number of carbonyl (C=O) groups excluding carboxylic acids is 2. The molecule has 2 unspecified atom stereocenters. The zero-order chi connectivity index (χ0) is 16.0. The van der Waals surface area contributed by atoms with Crippen LogP contribution in [-0.4, -0.2) is 52.9 Å². The van der Waals surface area contributed by atoms with Gasteiger partial charge in [-0.05, 0) is 11.6 Å². The zero-order valence-corrected chi connectivity index (χ0v) is 11.1. The summed E-state index contributed by atoms with van der Waals surface area (Å²) < 4.78 is 4.31. The van der Waals surface area contributed by atoms with Gasteiger partial charge in [-0.25, -0.2) is 4.79 Å². The van der Waals surface area contributed by atoms with Gasteiger partial charge in [0.25, 0.3) is 5.91 Å². The third-order valence-electron chi connectivity index (χ3n) is 2.67. The Morgan fingerprint density at radius 1 is 1.24 bits per heavy atom. The summed E-state index contributed by atoms with van der Waals surface area (Å²) in [7, 11) is 1.05. The number of esters is 1. The molecule has 2 atom stereocenters. The normalized spacial score (nSPS) is 13.1. The molecule has 0 aliphatic heterocycles. The molecule has 21 heavy (non-hydrogen) atoms. The summed E-state index contributed by atoms with van der Waals surface area (Å²) in [5, 5.41) is 30.2. The van der Waals surface area contributed by atoms with Crippen LogP contribution in [0.4, 0.5) is 0 Å². The van der Waals surface area contributed by atoms with Crippen molar-refractivity contribution in [2.24, 2.45) is 0 Å². The fourth-order valence-corrected chi connectivity index (χ4v) is 1.63. The fraction of sp³-hybridized carbons (Fsp3) is 0.308. The van der Waals surface area contributed by atoms with Gasteiger partial charge in [0.1, 0.15) is 12.6 Å². The lowest BCUT2D eigenvalue weighted by molar-refractivity contribution is -0.156. The van der Waals surface area contributed by atoms with Crippen molar-refractivity contribution >= 4 is 17.8 Å². The number of carbonyl (C=O) groups is 3. The molecule has 0 heterocycles. The monoisotopic (exact) mass is 297 g/mol. The smallest absolute Gasteiger partial charge is 0.337 e. The highest BCUT2D eigenvalue weighted by Gasteiger charge is 2.29. The predicted octanol–water partition coefficient (Wildman–Crippen LogP) is -0.932. The molecule has 0 saturated carbocycles. The summed E-state index contributed by atoms with van der Waals surface area (Å²) in [5.74, 6) is -3.02. The summed E-state index contributed by atoms with van der Waals surface area (Å²) >= 11 is 0. The van der Waals surface area contributed by atoms with Crippen LogP contribution in [-0.2, 0) is 14.3 Å². The van der Waals surface area contributed by atoms with Gasteiger partial charge in [-0.2, -0.15) is 0 Å². The third kappa shape index (κ3) is 4.26. The van der Waals surface area contributed by atoms with Gasteiger partial charge in [-0.1, -0.05) is 18.2 Å². The lowest BCUT2D eigenvalue weighted by Crippen LogP contribution is -2.33. The molecule has 1 aromatic carbocycles. The molecule has 0 spiro atoms. The number of rotatable bonds is 6. The molecule has 0 aliphatic carbocycles. The van der Waals surface area contributed by atoms with Gasteiger partial charge in [0.05, 0.1) is 7.11 Å². The number of aliphatic hydroxyl groups is 2. The standard InChI is InChI=1S/C13H15NO7/c1-21-13(20)11(18)10(17)7-4-2-3-5-8(7)12(19)14-6-9(15)16/h2-5,10-11,17-18H,6H2,1H3,(H,14,19)(H,15,16). The van der Waals surface area contributed by atoms with Crippen molar-refractivity contribution in [1.29, 1.82) is 0 Å².